The Morgan fingerprint density at radius 3 is 2.10 bits per heavy atom. The Hall–Kier alpha value is -1.58. The molecule has 4 nitrogen and oxygen atoms in total. The van der Waals surface area contributed by atoms with Gasteiger partial charge in [0.15, 0.2) is 0 Å². The van der Waals surface area contributed by atoms with Gasteiger partial charge in [0.1, 0.15) is 6.10 Å². The molecule has 0 amide bonds. The van der Waals surface area contributed by atoms with Crippen LogP contribution in [-0.2, 0) is 19.1 Å². The summed E-state index contributed by atoms with van der Waals surface area (Å²) in [6.07, 6.45) is 13.5. The number of hydrogen-bond acceptors (Lipinski definition) is 4. The fraction of sp³-hybridized carbons (Fsp3) is 0.769. The van der Waals surface area contributed by atoms with Gasteiger partial charge in [-0.3, -0.25) is 0 Å². The number of fused-ring (bicyclic) bond motifs is 3. The first-order valence-corrected chi connectivity index (χ1v) is 12.0. The summed E-state index contributed by atoms with van der Waals surface area (Å²) >= 11 is 0. The van der Waals surface area contributed by atoms with Gasteiger partial charge in [-0.25, -0.2) is 9.59 Å². The fourth-order valence-corrected chi connectivity index (χ4v) is 6.29. The molecule has 3 aliphatic carbocycles. The Morgan fingerprint density at radius 2 is 1.43 bits per heavy atom. The molecule has 0 spiro atoms. The highest BCUT2D eigenvalue weighted by atomic mass is 16.5. The van der Waals surface area contributed by atoms with E-state index in [9.17, 15) is 9.59 Å². The highest BCUT2D eigenvalue weighted by molar-refractivity contribution is 5.87. The fourth-order valence-electron chi connectivity index (χ4n) is 6.29. The van der Waals surface area contributed by atoms with Gasteiger partial charge in [0, 0.05) is 11.1 Å². The lowest BCUT2D eigenvalue weighted by Gasteiger charge is -2.50. The van der Waals surface area contributed by atoms with Gasteiger partial charge in [0.2, 0.25) is 0 Å². The minimum absolute atomic E-state index is 0.0994. The van der Waals surface area contributed by atoms with Crippen molar-refractivity contribution < 1.29 is 19.1 Å². The van der Waals surface area contributed by atoms with Gasteiger partial charge in [0.05, 0.1) is 6.61 Å². The molecule has 4 heteroatoms. The Labute approximate surface area is 182 Å². The van der Waals surface area contributed by atoms with Gasteiger partial charge < -0.3 is 9.47 Å². The van der Waals surface area contributed by atoms with E-state index >= 15 is 0 Å². The van der Waals surface area contributed by atoms with Gasteiger partial charge >= 0.3 is 11.9 Å². The van der Waals surface area contributed by atoms with Crippen LogP contribution < -0.4 is 0 Å². The second-order valence-electron chi connectivity index (χ2n) is 10.1. The molecule has 0 saturated heterocycles. The van der Waals surface area contributed by atoms with Gasteiger partial charge in [0.25, 0.3) is 0 Å². The molecule has 3 saturated carbocycles. The molecule has 0 bridgehead atoms. The van der Waals surface area contributed by atoms with E-state index in [0.717, 1.165) is 55.3 Å². The second-order valence-corrected chi connectivity index (χ2v) is 10.1. The van der Waals surface area contributed by atoms with Crippen LogP contribution >= 0.6 is 0 Å². The molecule has 6 atom stereocenters. The quantitative estimate of drug-likeness (QED) is 0.276. The molecule has 0 aromatic heterocycles. The predicted octanol–water partition coefficient (Wildman–Crippen LogP) is 6.01. The summed E-state index contributed by atoms with van der Waals surface area (Å²) in [5, 5.41) is 0. The van der Waals surface area contributed by atoms with Gasteiger partial charge in [-0.15, -0.1) is 0 Å². The monoisotopic (exact) mass is 416 g/mol. The topological polar surface area (TPSA) is 52.6 Å². The summed E-state index contributed by atoms with van der Waals surface area (Å²) in [6, 6.07) is 0. The Balaban J connectivity index is 1.38. The molecular weight excluding hydrogens is 376 g/mol. The van der Waals surface area contributed by atoms with E-state index in [-0.39, 0.29) is 18.0 Å². The van der Waals surface area contributed by atoms with Crippen LogP contribution in [0.15, 0.2) is 24.3 Å². The zero-order valence-electron chi connectivity index (χ0n) is 19.0. The smallest absolute Gasteiger partial charge is 0.333 e. The molecule has 0 aliphatic heterocycles. The maximum atomic E-state index is 11.9. The zero-order valence-corrected chi connectivity index (χ0v) is 19.0. The van der Waals surface area contributed by atoms with Gasteiger partial charge in [-0.1, -0.05) is 26.0 Å². The van der Waals surface area contributed by atoms with Crippen LogP contribution in [0.2, 0.25) is 0 Å². The third kappa shape index (κ3) is 5.98. The molecule has 3 fully saturated rings. The molecule has 3 rings (SSSR count). The standard InChI is InChI=1S/C26H40O4/c1-17(2)25(27)29-14-6-5-7-19-8-12-23-20(15-19)9-10-21-16-22(11-13-24(21)23)30-26(28)18(3)4/h19-24H,1,3,5-16H2,2,4H3. The van der Waals surface area contributed by atoms with Crippen molar-refractivity contribution in [2.75, 3.05) is 6.61 Å². The van der Waals surface area contributed by atoms with E-state index in [0.29, 0.717) is 17.8 Å². The molecule has 0 radical (unpaired) electrons. The lowest BCUT2D eigenvalue weighted by molar-refractivity contribution is -0.149. The van der Waals surface area contributed by atoms with Crippen molar-refractivity contribution >= 4 is 11.9 Å². The SMILES string of the molecule is C=C(C)C(=O)OCCCCC1CCC2C(CCC3CC(OC(=O)C(=C)C)CCC32)C1. The Morgan fingerprint density at radius 1 is 0.800 bits per heavy atom. The van der Waals surface area contributed by atoms with Crippen molar-refractivity contribution in [3.63, 3.8) is 0 Å². The normalized spacial score (nSPS) is 33.0. The number of esters is 2. The summed E-state index contributed by atoms with van der Waals surface area (Å²) in [6.45, 7) is 11.3. The van der Waals surface area contributed by atoms with Crippen molar-refractivity contribution in [3.05, 3.63) is 24.3 Å². The highest BCUT2D eigenvalue weighted by Gasteiger charge is 2.45. The van der Waals surface area contributed by atoms with Crippen LogP contribution in [0.25, 0.3) is 0 Å². The summed E-state index contributed by atoms with van der Waals surface area (Å²) in [5.41, 5.74) is 0.986. The number of carbonyl (C=O) groups is 2. The van der Waals surface area contributed by atoms with E-state index in [4.69, 9.17) is 9.47 Å². The first kappa shape index (κ1) is 23.1. The molecule has 3 aliphatic rings. The molecule has 6 unspecified atom stereocenters. The van der Waals surface area contributed by atoms with E-state index in [1.807, 2.05) is 0 Å². The minimum Gasteiger partial charge on any atom is -0.462 e. The lowest BCUT2D eigenvalue weighted by Crippen LogP contribution is -2.43. The number of hydrogen-bond donors (Lipinski definition) is 0. The zero-order chi connectivity index (χ0) is 21.7. The van der Waals surface area contributed by atoms with Crippen molar-refractivity contribution in [1.82, 2.24) is 0 Å². The molecular formula is C26H40O4. The predicted molar refractivity (Wildman–Crippen MR) is 119 cm³/mol. The third-order valence-corrected chi connectivity index (χ3v) is 7.81. The van der Waals surface area contributed by atoms with Crippen molar-refractivity contribution in [1.29, 1.82) is 0 Å². The van der Waals surface area contributed by atoms with Crippen LogP contribution in [0.5, 0.6) is 0 Å². The van der Waals surface area contributed by atoms with E-state index in [1.54, 1.807) is 13.8 Å². The summed E-state index contributed by atoms with van der Waals surface area (Å²) in [5.74, 6) is 3.70. The van der Waals surface area contributed by atoms with E-state index in [1.165, 1.54) is 44.9 Å². The van der Waals surface area contributed by atoms with Crippen molar-refractivity contribution in [2.45, 2.75) is 90.6 Å². The Bertz CT molecular complexity index is 651. The number of ether oxygens (including phenoxy) is 2. The number of carbonyl (C=O) groups excluding carboxylic acids is 2. The molecule has 0 aromatic rings. The first-order chi connectivity index (χ1) is 14.3. The number of unbranched alkanes of at least 4 members (excludes halogenated alkanes) is 1. The van der Waals surface area contributed by atoms with Crippen LogP contribution in [0.3, 0.4) is 0 Å². The minimum atomic E-state index is -0.267. The van der Waals surface area contributed by atoms with Crippen LogP contribution in [0, 0.1) is 29.6 Å². The lowest BCUT2D eigenvalue weighted by atomic mass is 9.56. The number of rotatable bonds is 8. The van der Waals surface area contributed by atoms with Crippen LogP contribution in [0.4, 0.5) is 0 Å². The van der Waals surface area contributed by atoms with E-state index < -0.39 is 0 Å². The molecule has 0 heterocycles. The summed E-state index contributed by atoms with van der Waals surface area (Å²) in [7, 11) is 0. The van der Waals surface area contributed by atoms with Crippen LogP contribution in [0.1, 0.15) is 84.5 Å². The van der Waals surface area contributed by atoms with Gasteiger partial charge in [-0.2, -0.15) is 0 Å². The summed E-state index contributed by atoms with van der Waals surface area (Å²) in [4.78, 5) is 23.3. The average molecular weight is 417 g/mol. The average Bonchev–Trinajstić information content (AvgIpc) is 2.72. The first-order valence-electron chi connectivity index (χ1n) is 12.0. The van der Waals surface area contributed by atoms with Crippen LogP contribution in [-0.4, -0.2) is 24.6 Å². The maximum absolute atomic E-state index is 11.9. The second kappa shape index (κ2) is 10.6. The Kier molecular flexibility index (Phi) is 8.19. The van der Waals surface area contributed by atoms with Crippen molar-refractivity contribution in [3.8, 4) is 0 Å². The largest absolute Gasteiger partial charge is 0.462 e. The highest BCUT2D eigenvalue weighted by Crippen LogP contribution is 2.53. The van der Waals surface area contributed by atoms with Crippen molar-refractivity contribution in [2.24, 2.45) is 29.6 Å². The summed E-state index contributed by atoms with van der Waals surface area (Å²) < 4.78 is 10.9. The molecule has 0 aromatic carbocycles. The third-order valence-electron chi connectivity index (χ3n) is 7.81. The van der Waals surface area contributed by atoms with Gasteiger partial charge in [-0.05, 0) is 101 Å². The van der Waals surface area contributed by atoms with E-state index in [2.05, 4.69) is 13.2 Å². The maximum Gasteiger partial charge on any atom is 0.333 e. The molecule has 0 N–H and O–H groups in total. The molecule has 168 valence electrons. The molecule has 30 heavy (non-hydrogen) atoms.